The number of carbonyl (C=O) groups excluding carboxylic acids is 2. The summed E-state index contributed by atoms with van der Waals surface area (Å²) in [7, 11) is 0. The van der Waals surface area contributed by atoms with Gasteiger partial charge in [-0.15, -0.1) is 0 Å². The van der Waals surface area contributed by atoms with Gasteiger partial charge in [0.25, 0.3) is 11.8 Å². The van der Waals surface area contributed by atoms with E-state index in [0.29, 0.717) is 28.7 Å². The van der Waals surface area contributed by atoms with Gasteiger partial charge in [0, 0.05) is 23.1 Å². The molecule has 1 aliphatic rings. The first kappa shape index (κ1) is 27.6. The van der Waals surface area contributed by atoms with Crippen LogP contribution in [0.4, 0.5) is 5.69 Å². The molecule has 1 saturated heterocycles. The molecule has 2 heterocycles. The third-order valence-corrected chi connectivity index (χ3v) is 7.54. The van der Waals surface area contributed by atoms with Crippen molar-refractivity contribution in [2.45, 2.75) is 80.7 Å². The van der Waals surface area contributed by atoms with Crippen LogP contribution in [0.1, 0.15) is 77.6 Å². The van der Waals surface area contributed by atoms with E-state index >= 15 is 0 Å². The first-order valence-electron chi connectivity index (χ1n) is 14.0. The number of benzene rings is 2. The molecule has 2 amide bonds. The van der Waals surface area contributed by atoms with Crippen molar-refractivity contribution in [2.75, 3.05) is 4.90 Å². The minimum atomic E-state index is -0.250. The summed E-state index contributed by atoms with van der Waals surface area (Å²) in [5.74, 6) is 0.779. The van der Waals surface area contributed by atoms with Gasteiger partial charge in [-0.25, -0.2) is 4.90 Å². The van der Waals surface area contributed by atoms with Gasteiger partial charge in [-0.3, -0.25) is 9.59 Å². The SMILES string of the molecule is CC(C)=C1C(=O)N(c2ccc(CCC(C)C)cc2)C(=O)/C1=C/c1c(C)c2ccccc2n1CCCC(C)C. The molecule has 0 spiro atoms. The number of aromatic nitrogens is 1. The molecule has 0 aliphatic carbocycles. The Morgan fingerprint density at radius 2 is 1.53 bits per heavy atom. The lowest BCUT2D eigenvalue weighted by molar-refractivity contribution is -0.119. The van der Waals surface area contributed by atoms with Gasteiger partial charge in [0.2, 0.25) is 0 Å². The lowest BCUT2D eigenvalue weighted by atomic mass is 10.0. The smallest absolute Gasteiger partial charge is 0.266 e. The number of nitrogens with zero attached hydrogens (tertiary/aromatic N) is 2. The van der Waals surface area contributed by atoms with Gasteiger partial charge in [0.1, 0.15) is 0 Å². The molecule has 0 saturated carbocycles. The van der Waals surface area contributed by atoms with E-state index < -0.39 is 0 Å². The van der Waals surface area contributed by atoms with Crippen LogP contribution >= 0.6 is 0 Å². The zero-order valence-corrected chi connectivity index (χ0v) is 24.1. The molecule has 3 aromatic rings. The summed E-state index contributed by atoms with van der Waals surface area (Å²) in [4.78, 5) is 28.9. The van der Waals surface area contributed by atoms with E-state index in [-0.39, 0.29) is 11.8 Å². The molecule has 0 N–H and O–H groups in total. The predicted octanol–water partition coefficient (Wildman–Crippen LogP) is 8.27. The molecule has 38 heavy (non-hydrogen) atoms. The zero-order valence-electron chi connectivity index (χ0n) is 24.1. The molecule has 0 radical (unpaired) electrons. The summed E-state index contributed by atoms with van der Waals surface area (Å²) >= 11 is 0. The molecule has 0 unspecified atom stereocenters. The first-order chi connectivity index (χ1) is 18.1. The van der Waals surface area contributed by atoms with Gasteiger partial charge in [-0.1, -0.05) is 63.6 Å². The van der Waals surface area contributed by atoms with E-state index in [9.17, 15) is 9.59 Å². The van der Waals surface area contributed by atoms with Crippen LogP contribution in [0.2, 0.25) is 0 Å². The molecule has 4 nitrogen and oxygen atoms in total. The molecule has 0 atom stereocenters. The van der Waals surface area contributed by atoms with Crippen molar-refractivity contribution < 1.29 is 9.59 Å². The second kappa shape index (κ2) is 11.6. The molecule has 1 aromatic heterocycles. The van der Waals surface area contributed by atoms with E-state index in [4.69, 9.17) is 0 Å². The summed E-state index contributed by atoms with van der Waals surface area (Å²) < 4.78 is 2.33. The van der Waals surface area contributed by atoms with Gasteiger partial charge in [-0.2, -0.15) is 0 Å². The van der Waals surface area contributed by atoms with Crippen molar-refractivity contribution in [2.24, 2.45) is 11.8 Å². The number of hydrogen-bond donors (Lipinski definition) is 0. The molecular weight excluding hydrogens is 468 g/mol. The normalized spacial score (nSPS) is 15.2. The molecule has 200 valence electrons. The summed E-state index contributed by atoms with van der Waals surface area (Å²) in [6, 6.07) is 16.3. The van der Waals surface area contributed by atoms with Crippen molar-refractivity contribution in [1.82, 2.24) is 4.57 Å². The number of allylic oxidation sites excluding steroid dienone is 1. The Labute approximate surface area is 228 Å². The second-order valence-corrected chi connectivity index (χ2v) is 11.7. The van der Waals surface area contributed by atoms with Crippen molar-refractivity contribution in [1.29, 1.82) is 0 Å². The second-order valence-electron chi connectivity index (χ2n) is 11.7. The monoisotopic (exact) mass is 510 g/mol. The van der Waals surface area contributed by atoms with Crippen molar-refractivity contribution in [3.63, 3.8) is 0 Å². The summed E-state index contributed by atoms with van der Waals surface area (Å²) in [5, 5.41) is 1.19. The minimum absolute atomic E-state index is 0.240. The Morgan fingerprint density at radius 1 is 0.868 bits per heavy atom. The Bertz CT molecular complexity index is 1400. The Morgan fingerprint density at radius 3 is 2.16 bits per heavy atom. The predicted molar refractivity (Wildman–Crippen MR) is 159 cm³/mol. The maximum Gasteiger partial charge on any atom is 0.266 e. The van der Waals surface area contributed by atoms with E-state index in [0.717, 1.165) is 49.1 Å². The standard InChI is InChI=1S/C34H42N2O2/c1-22(2)11-10-20-35-30-13-9-8-12-28(30)25(7)31(35)21-29-32(24(5)6)34(38)36(33(29)37)27-18-16-26(17-19-27)15-14-23(3)4/h8-9,12-13,16-19,21-23H,10-11,14-15,20H2,1-7H3/b29-21+. The summed E-state index contributed by atoms with van der Waals surface area (Å²) in [5.41, 5.74) is 7.02. The number of rotatable bonds is 9. The van der Waals surface area contributed by atoms with Crippen LogP contribution in [-0.2, 0) is 22.6 Å². The van der Waals surface area contributed by atoms with Crippen LogP contribution in [0, 0.1) is 18.8 Å². The number of amides is 2. The van der Waals surface area contributed by atoms with Gasteiger partial charge >= 0.3 is 0 Å². The molecular formula is C34H42N2O2. The topological polar surface area (TPSA) is 42.3 Å². The van der Waals surface area contributed by atoms with Crippen LogP contribution in [0.25, 0.3) is 17.0 Å². The van der Waals surface area contributed by atoms with Crippen LogP contribution in [0.5, 0.6) is 0 Å². The van der Waals surface area contributed by atoms with Crippen LogP contribution < -0.4 is 4.90 Å². The van der Waals surface area contributed by atoms with Crippen LogP contribution in [0.3, 0.4) is 0 Å². The van der Waals surface area contributed by atoms with Crippen molar-refractivity contribution in [3.8, 4) is 0 Å². The van der Waals surface area contributed by atoms with Gasteiger partial charge in [0.05, 0.1) is 16.8 Å². The fourth-order valence-electron chi connectivity index (χ4n) is 5.38. The highest BCUT2D eigenvalue weighted by Gasteiger charge is 2.40. The number of para-hydroxylation sites is 1. The van der Waals surface area contributed by atoms with Gasteiger partial charge < -0.3 is 4.57 Å². The number of fused-ring (bicyclic) bond motifs is 1. The maximum absolute atomic E-state index is 13.9. The summed E-state index contributed by atoms with van der Waals surface area (Å²) in [6.07, 6.45) is 6.26. The molecule has 2 aromatic carbocycles. The van der Waals surface area contributed by atoms with Crippen LogP contribution in [-0.4, -0.2) is 16.4 Å². The van der Waals surface area contributed by atoms with Crippen LogP contribution in [0.15, 0.2) is 65.3 Å². The highest BCUT2D eigenvalue weighted by atomic mass is 16.2. The third kappa shape index (κ3) is 5.55. The van der Waals surface area contributed by atoms with E-state index in [1.54, 1.807) is 0 Å². The number of carbonyl (C=O) groups is 2. The third-order valence-electron chi connectivity index (χ3n) is 7.54. The minimum Gasteiger partial charge on any atom is -0.341 e. The lowest BCUT2D eigenvalue weighted by Gasteiger charge is -2.14. The summed E-state index contributed by atoms with van der Waals surface area (Å²) in [6.45, 7) is 15.8. The fraction of sp³-hybridized carbons (Fsp3) is 0.412. The van der Waals surface area contributed by atoms with Crippen molar-refractivity contribution >= 4 is 34.5 Å². The molecule has 4 heteroatoms. The van der Waals surface area contributed by atoms with Crippen molar-refractivity contribution in [3.05, 3.63) is 82.1 Å². The molecule has 4 rings (SSSR count). The number of anilines is 1. The average Bonchev–Trinajstić information content (AvgIpc) is 3.28. The zero-order chi connectivity index (χ0) is 27.6. The largest absolute Gasteiger partial charge is 0.341 e. The van der Waals surface area contributed by atoms with Gasteiger partial charge in [-0.05, 0) is 93.7 Å². The number of aryl methyl sites for hydroxylation is 3. The molecule has 1 aliphatic heterocycles. The highest BCUT2D eigenvalue weighted by Crippen LogP contribution is 2.36. The first-order valence-corrected chi connectivity index (χ1v) is 14.0. The molecule has 0 bridgehead atoms. The van der Waals surface area contributed by atoms with Gasteiger partial charge in [0.15, 0.2) is 0 Å². The van der Waals surface area contributed by atoms with E-state index in [1.807, 2.05) is 44.2 Å². The quantitative estimate of drug-likeness (QED) is 0.215. The fourth-order valence-corrected chi connectivity index (χ4v) is 5.38. The van der Waals surface area contributed by atoms with E-state index in [1.165, 1.54) is 21.4 Å². The number of imide groups is 1. The molecule has 1 fully saturated rings. The maximum atomic E-state index is 13.9. The Balaban J connectivity index is 1.76. The Hall–Kier alpha value is -3.40. The lowest BCUT2D eigenvalue weighted by Crippen LogP contribution is -2.29. The number of hydrogen-bond acceptors (Lipinski definition) is 2. The Kier molecular flexibility index (Phi) is 8.40. The average molecular weight is 511 g/mol. The van der Waals surface area contributed by atoms with E-state index in [2.05, 4.69) is 63.5 Å². The highest BCUT2D eigenvalue weighted by molar-refractivity contribution is 6.38.